The molecule has 2 aromatic rings. The Morgan fingerprint density at radius 1 is 0.571 bits per heavy atom. The summed E-state index contributed by atoms with van der Waals surface area (Å²) < 4.78 is 22.5. The third-order valence-electron chi connectivity index (χ3n) is 7.26. The molecular weight excluding hydrogens is 600 g/mol. The van der Waals surface area contributed by atoms with Crippen molar-refractivity contribution >= 4 is 49.5 Å². The number of benzene rings is 2. The molecule has 196 valence electrons. The van der Waals surface area contributed by atoms with Crippen LogP contribution in [0.2, 0.25) is 26.2 Å². The van der Waals surface area contributed by atoms with E-state index in [1.165, 1.54) is 0 Å². The molecule has 0 aliphatic heterocycles. The Balaban J connectivity index is 2.39. The molecule has 35 heavy (non-hydrogen) atoms. The molecule has 0 aromatic heterocycles. The van der Waals surface area contributed by atoms with Crippen LogP contribution in [0.25, 0.3) is 0 Å². The largest absolute Gasteiger partial charge is 0.489 e. The zero-order valence-corrected chi connectivity index (χ0v) is 28.6. The summed E-state index contributed by atoms with van der Waals surface area (Å²) in [5, 5.41) is -0.749. The fourth-order valence-corrected chi connectivity index (χ4v) is 10.5. The van der Waals surface area contributed by atoms with Gasteiger partial charge in [0.15, 0.2) is 0 Å². The molecule has 0 radical (unpaired) electrons. The zero-order valence-electron chi connectivity index (χ0n) is 23.2. The molecule has 0 N–H and O–H groups in total. The molecule has 0 heterocycles. The second-order valence-corrected chi connectivity index (χ2v) is 20.5. The van der Waals surface area contributed by atoms with Gasteiger partial charge in [-0.1, -0.05) is 99.6 Å². The van der Waals surface area contributed by atoms with Crippen molar-refractivity contribution in [2.75, 3.05) is 13.2 Å². The van der Waals surface area contributed by atoms with Gasteiger partial charge in [-0.15, -0.1) is 0 Å². The average Bonchev–Trinajstić information content (AvgIpc) is 2.73. The molecule has 0 saturated heterocycles. The third kappa shape index (κ3) is 7.25. The molecule has 0 aliphatic carbocycles. The fraction of sp³-hybridized carbons (Fsp3) is 0.571. The van der Waals surface area contributed by atoms with Crippen molar-refractivity contribution in [2.45, 2.75) is 78.2 Å². The lowest BCUT2D eigenvalue weighted by molar-refractivity contribution is -0.0877. The van der Waals surface area contributed by atoms with Gasteiger partial charge in [0.05, 0.1) is 30.8 Å². The summed E-state index contributed by atoms with van der Waals surface area (Å²) in [6.07, 6.45) is 0. The van der Waals surface area contributed by atoms with Crippen LogP contribution in [0.1, 0.15) is 41.5 Å². The van der Waals surface area contributed by atoms with Gasteiger partial charge < -0.3 is 14.2 Å². The molecule has 3 nitrogen and oxygen atoms in total. The highest BCUT2D eigenvalue weighted by atomic mass is 79.9. The average molecular weight is 645 g/mol. The molecule has 0 fully saturated rings. The van der Waals surface area contributed by atoms with E-state index < -0.39 is 17.6 Å². The summed E-state index contributed by atoms with van der Waals surface area (Å²) in [6.45, 7) is 24.2. The number of ether oxygens (including phenoxy) is 3. The maximum atomic E-state index is 6.86. The predicted octanol–water partition coefficient (Wildman–Crippen LogP) is 8.31. The summed E-state index contributed by atoms with van der Waals surface area (Å²) in [4.78, 5) is 0. The molecule has 7 heteroatoms. The van der Waals surface area contributed by atoms with Crippen molar-refractivity contribution < 1.29 is 14.2 Å². The van der Waals surface area contributed by atoms with Crippen LogP contribution in [0.5, 0.6) is 11.5 Å². The number of hydrogen-bond acceptors (Lipinski definition) is 3. The first kappa shape index (κ1) is 30.6. The van der Waals surface area contributed by atoms with E-state index in [4.69, 9.17) is 14.2 Å². The molecule has 0 saturated carbocycles. The van der Waals surface area contributed by atoms with E-state index in [1.807, 2.05) is 48.5 Å². The Labute approximate surface area is 233 Å². The van der Waals surface area contributed by atoms with Crippen LogP contribution >= 0.6 is 31.9 Å². The first-order valence-electron chi connectivity index (χ1n) is 12.5. The van der Waals surface area contributed by atoms with Gasteiger partial charge in [0.2, 0.25) is 0 Å². The van der Waals surface area contributed by atoms with Crippen molar-refractivity contribution in [3.8, 4) is 11.5 Å². The van der Waals surface area contributed by atoms with Crippen LogP contribution in [0.3, 0.4) is 0 Å². The van der Waals surface area contributed by atoms with Crippen molar-refractivity contribution in [1.82, 2.24) is 0 Å². The number of halogens is 2. The van der Waals surface area contributed by atoms with Crippen molar-refractivity contribution in [3.63, 3.8) is 0 Å². The zero-order chi connectivity index (χ0) is 26.7. The topological polar surface area (TPSA) is 27.7 Å². The van der Waals surface area contributed by atoms with Gasteiger partial charge in [0, 0.05) is 19.8 Å². The Bertz CT molecular complexity index is 857. The van der Waals surface area contributed by atoms with Crippen LogP contribution < -0.4 is 9.47 Å². The van der Waals surface area contributed by atoms with Crippen LogP contribution in [0.15, 0.2) is 57.5 Å². The van der Waals surface area contributed by atoms with Gasteiger partial charge in [-0.2, -0.15) is 0 Å². The predicted molar refractivity (Wildman–Crippen MR) is 162 cm³/mol. The second kappa shape index (κ2) is 11.8. The lowest BCUT2D eigenvalue weighted by Crippen LogP contribution is -2.64. The normalized spacial score (nSPS) is 16.2. The highest BCUT2D eigenvalue weighted by molar-refractivity contribution is 9.10. The summed E-state index contributed by atoms with van der Waals surface area (Å²) in [5.41, 5.74) is -0.181. The molecule has 2 unspecified atom stereocenters. The van der Waals surface area contributed by atoms with Gasteiger partial charge in [-0.05, 0) is 48.5 Å². The van der Waals surface area contributed by atoms with E-state index in [0.29, 0.717) is 13.2 Å². The van der Waals surface area contributed by atoms with E-state index in [2.05, 4.69) is 99.6 Å². The van der Waals surface area contributed by atoms with Crippen LogP contribution in [0.4, 0.5) is 0 Å². The summed E-state index contributed by atoms with van der Waals surface area (Å²) in [6, 6.07) is 16.3. The van der Waals surface area contributed by atoms with Gasteiger partial charge in [0.1, 0.15) is 21.9 Å². The van der Waals surface area contributed by atoms with E-state index >= 15 is 0 Å². The smallest absolute Gasteiger partial charge is 0.120 e. The van der Waals surface area contributed by atoms with Crippen LogP contribution in [-0.2, 0) is 4.74 Å². The number of rotatable bonds is 10. The second-order valence-electron chi connectivity index (χ2n) is 12.2. The van der Waals surface area contributed by atoms with E-state index in [1.54, 1.807) is 0 Å². The lowest BCUT2D eigenvalue weighted by atomic mass is 9.87. The third-order valence-corrected chi connectivity index (χ3v) is 14.4. The molecule has 0 bridgehead atoms. The minimum Gasteiger partial charge on any atom is -0.489 e. The molecule has 0 spiro atoms. The lowest BCUT2D eigenvalue weighted by Gasteiger charge is -2.50. The first-order chi connectivity index (χ1) is 16.0. The van der Waals surface area contributed by atoms with Gasteiger partial charge in [0.25, 0.3) is 0 Å². The Hall–Kier alpha value is -0.606. The Morgan fingerprint density at radius 2 is 0.857 bits per heavy atom. The molecule has 2 atom stereocenters. The standard InChI is InChI=1S/C28H44Br2O3Si2/c1-25(2,3)27(34(7)8,32-23-15-11-21(29)12-16-23)19-31-20-28(35(9)10,26(4,5)6)33-24-17-13-22(30)14-18-24/h11-18,34-35H,19-20H2,1-10H3. The van der Waals surface area contributed by atoms with Gasteiger partial charge in [-0.3, -0.25) is 0 Å². The van der Waals surface area contributed by atoms with Crippen molar-refractivity contribution in [1.29, 1.82) is 0 Å². The molecule has 2 rings (SSSR count). The first-order valence-corrected chi connectivity index (χ1v) is 19.9. The summed E-state index contributed by atoms with van der Waals surface area (Å²) in [7, 11) is -2.70. The fourth-order valence-electron chi connectivity index (χ4n) is 4.88. The van der Waals surface area contributed by atoms with Crippen LogP contribution in [-0.4, -0.2) is 41.3 Å². The molecule has 2 aromatic carbocycles. The SMILES string of the molecule is C[SiH](C)C(COCC(Oc1ccc(Br)cc1)([SiH](C)C)C(C)(C)C)(Oc1ccc(Br)cc1)C(C)(C)C. The van der Waals surface area contributed by atoms with E-state index in [0.717, 1.165) is 20.4 Å². The van der Waals surface area contributed by atoms with Crippen molar-refractivity contribution in [2.24, 2.45) is 10.8 Å². The minimum atomic E-state index is -1.35. The highest BCUT2D eigenvalue weighted by Gasteiger charge is 2.51. The molecular formula is C28H44Br2O3Si2. The number of hydrogen-bond donors (Lipinski definition) is 0. The quantitative estimate of drug-likeness (QED) is 0.244. The van der Waals surface area contributed by atoms with Crippen LogP contribution in [0, 0.1) is 10.8 Å². The monoisotopic (exact) mass is 642 g/mol. The van der Waals surface area contributed by atoms with Gasteiger partial charge >= 0.3 is 0 Å². The molecule has 0 aliphatic rings. The minimum absolute atomic E-state index is 0.0906. The maximum Gasteiger partial charge on any atom is 0.120 e. The highest BCUT2D eigenvalue weighted by Crippen LogP contribution is 2.41. The van der Waals surface area contributed by atoms with Gasteiger partial charge in [-0.25, -0.2) is 0 Å². The molecule has 0 amide bonds. The maximum absolute atomic E-state index is 6.86. The van der Waals surface area contributed by atoms with E-state index in [-0.39, 0.29) is 21.3 Å². The van der Waals surface area contributed by atoms with Crippen molar-refractivity contribution in [3.05, 3.63) is 57.5 Å². The Kier molecular flexibility index (Phi) is 10.4. The van der Waals surface area contributed by atoms with E-state index in [9.17, 15) is 0 Å². The Morgan fingerprint density at radius 3 is 1.09 bits per heavy atom. The summed E-state index contributed by atoms with van der Waals surface area (Å²) in [5.74, 6) is 1.78. The summed E-state index contributed by atoms with van der Waals surface area (Å²) >= 11 is 7.07.